The topological polar surface area (TPSA) is 40.6 Å². The van der Waals surface area contributed by atoms with E-state index < -0.39 is 0 Å². The summed E-state index contributed by atoms with van der Waals surface area (Å²) in [5.41, 5.74) is 0.927. The predicted octanol–water partition coefficient (Wildman–Crippen LogP) is 2.60. The normalized spacial score (nSPS) is 15.3. The molecule has 1 aromatic carbocycles. The molecule has 2 amide bonds. The molecule has 120 valence electrons. The second-order valence-corrected chi connectivity index (χ2v) is 6.60. The van der Waals surface area contributed by atoms with Gasteiger partial charge in [0, 0.05) is 37.6 Å². The summed E-state index contributed by atoms with van der Waals surface area (Å²) in [5.74, 6) is 0.658. The third kappa shape index (κ3) is 4.73. The summed E-state index contributed by atoms with van der Waals surface area (Å²) in [6.45, 7) is 6.58. The summed E-state index contributed by atoms with van der Waals surface area (Å²) < 4.78 is 0. The molecule has 22 heavy (non-hydrogen) atoms. The van der Waals surface area contributed by atoms with Crippen LogP contribution in [0.15, 0.2) is 24.3 Å². The van der Waals surface area contributed by atoms with E-state index in [9.17, 15) is 9.59 Å². The van der Waals surface area contributed by atoms with Crippen LogP contribution in [0.4, 0.5) is 0 Å². The highest BCUT2D eigenvalue weighted by molar-refractivity contribution is 6.30. The van der Waals surface area contributed by atoms with Crippen LogP contribution in [0, 0.1) is 5.92 Å². The van der Waals surface area contributed by atoms with E-state index in [-0.39, 0.29) is 11.8 Å². The molecule has 0 radical (unpaired) electrons. The molecule has 1 fully saturated rings. The lowest BCUT2D eigenvalue weighted by Gasteiger charge is -2.35. The van der Waals surface area contributed by atoms with Gasteiger partial charge in [0.2, 0.25) is 11.8 Å². The van der Waals surface area contributed by atoms with E-state index in [0.29, 0.717) is 50.0 Å². The smallest absolute Gasteiger partial charge is 0.227 e. The molecule has 0 spiro atoms. The highest BCUT2D eigenvalue weighted by Crippen LogP contribution is 2.13. The van der Waals surface area contributed by atoms with Gasteiger partial charge in [-0.15, -0.1) is 0 Å². The number of amides is 2. The number of halogens is 1. The summed E-state index contributed by atoms with van der Waals surface area (Å²) in [6, 6.07) is 7.39. The molecule has 0 N–H and O–H groups in total. The van der Waals surface area contributed by atoms with Crippen molar-refractivity contribution in [1.82, 2.24) is 9.80 Å². The minimum atomic E-state index is 0.0956. The SMILES string of the molecule is CC(C)CC(=O)N1CCN(C(=O)Cc2cccc(Cl)c2)CC1. The maximum Gasteiger partial charge on any atom is 0.227 e. The number of rotatable bonds is 4. The zero-order chi connectivity index (χ0) is 16.1. The fraction of sp³-hybridized carbons (Fsp3) is 0.529. The standard InChI is InChI=1S/C17H23ClN2O2/c1-13(2)10-16(21)19-6-8-20(9-7-19)17(22)12-14-4-3-5-15(18)11-14/h3-5,11,13H,6-10,12H2,1-2H3. The van der Waals surface area contributed by atoms with E-state index in [1.807, 2.05) is 41.8 Å². The van der Waals surface area contributed by atoms with Crippen LogP contribution in [0.1, 0.15) is 25.8 Å². The van der Waals surface area contributed by atoms with Gasteiger partial charge < -0.3 is 9.80 Å². The maximum absolute atomic E-state index is 12.3. The van der Waals surface area contributed by atoms with Crippen molar-refractivity contribution in [2.75, 3.05) is 26.2 Å². The Labute approximate surface area is 137 Å². The maximum atomic E-state index is 12.3. The van der Waals surface area contributed by atoms with E-state index in [2.05, 4.69) is 0 Å². The second kappa shape index (κ2) is 7.63. The quantitative estimate of drug-likeness (QED) is 0.855. The van der Waals surface area contributed by atoms with Gasteiger partial charge in [0.1, 0.15) is 0 Å². The summed E-state index contributed by atoms with van der Waals surface area (Å²) in [4.78, 5) is 28.0. The van der Waals surface area contributed by atoms with Gasteiger partial charge in [0.05, 0.1) is 6.42 Å². The summed E-state index contributed by atoms with van der Waals surface area (Å²) in [5, 5.41) is 0.648. The van der Waals surface area contributed by atoms with E-state index in [4.69, 9.17) is 11.6 Å². The zero-order valence-corrected chi connectivity index (χ0v) is 14.0. The highest BCUT2D eigenvalue weighted by atomic mass is 35.5. The van der Waals surface area contributed by atoms with Crippen molar-refractivity contribution in [3.05, 3.63) is 34.9 Å². The first-order valence-electron chi connectivity index (χ1n) is 7.75. The van der Waals surface area contributed by atoms with Crippen molar-refractivity contribution in [1.29, 1.82) is 0 Å². The molecule has 0 bridgehead atoms. The van der Waals surface area contributed by atoms with E-state index in [0.717, 1.165) is 5.56 Å². The van der Waals surface area contributed by atoms with E-state index in [1.165, 1.54) is 0 Å². The van der Waals surface area contributed by atoms with Gasteiger partial charge in [0.15, 0.2) is 0 Å². The Morgan fingerprint density at radius 1 is 1.09 bits per heavy atom. The van der Waals surface area contributed by atoms with E-state index in [1.54, 1.807) is 6.07 Å². The molecule has 1 saturated heterocycles. The number of hydrogen-bond acceptors (Lipinski definition) is 2. The molecule has 1 aliphatic heterocycles. The van der Waals surface area contributed by atoms with Gasteiger partial charge in [-0.3, -0.25) is 9.59 Å². The molecule has 1 aromatic rings. The van der Waals surface area contributed by atoms with E-state index >= 15 is 0 Å². The minimum Gasteiger partial charge on any atom is -0.339 e. The monoisotopic (exact) mass is 322 g/mol. The van der Waals surface area contributed by atoms with Crippen LogP contribution >= 0.6 is 11.6 Å². The Kier molecular flexibility index (Phi) is 5.83. The van der Waals surface area contributed by atoms with Crippen molar-refractivity contribution < 1.29 is 9.59 Å². The molecule has 5 heteroatoms. The van der Waals surface area contributed by atoms with Gasteiger partial charge in [-0.1, -0.05) is 37.6 Å². The van der Waals surface area contributed by atoms with Gasteiger partial charge >= 0.3 is 0 Å². The highest BCUT2D eigenvalue weighted by Gasteiger charge is 2.24. The first kappa shape index (κ1) is 16.8. The number of benzene rings is 1. The molecule has 2 rings (SSSR count). The summed E-state index contributed by atoms with van der Waals surface area (Å²) >= 11 is 5.94. The van der Waals surface area contributed by atoms with Gasteiger partial charge in [-0.05, 0) is 23.6 Å². The van der Waals surface area contributed by atoms with Crippen LogP contribution in [0.3, 0.4) is 0 Å². The second-order valence-electron chi connectivity index (χ2n) is 6.17. The number of carbonyl (C=O) groups excluding carboxylic acids is 2. The van der Waals surface area contributed by atoms with Crippen molar-refractivity contribution >= 4 is 23.4 Å². The molecule has 0 aliphatic carbocycles. The van der Waals surface area contributed by atoms with Gasteiger partial charge in [0.25, 0.3) is 0 Å². The largest absolute Gasteiger partial charge is 0.339 e. The molecule has 0 unspecified atom stereocenters. The fourth-order valence-electron chi connectivity index (χ4n) is 2.62. The van der Waals surface area contributed by atoms with Crippen molar-refractivity contribution in [3.8, 4) is 0 Å². The number of nitrogens with zero attached hydrogens (tertiary/aromatic N) is 2. The third-order valence-electron chi connectivity index (χ3n) is 3.81. The van der Waals surface area contributed by atoms with Crippen LogP contribution in [0.5, 0.6) is 0 Å². The molecule has 4 nitrogen and oxygen atoms in total. The molecular formula is C17H23ClN2O2. The lowest BCUT2D eigenvalue weighted by Crippen LogP contribution is -2.51. The number of hydrogen-bond donors (Lipinski definition) is 0. The first-order chi connectivity index (χ1) is 10.5. The van der Waals surface area contributed by atoms with Crippen LogP contribution < -0.4 is 0 Å². The average molecular weight is 323 g/mol. The predicted molar refractivity (Wildman–Crippen MR) is 87.8 cm³/mol. The Bertz CT molecular complexity index is 537. The van der Waals surface area contributed by atoms with Gasteiger partial charge in [-0.2, -0.15) is 0 Å². The lowest BCUT2D eigenvalue weighted by molar-refractivity contribution is -0.139. The zero-order valence-electron chi connectivity index (χ0n) is 13.2. The summed E-state index contributed by atoms with van der Waals surface area (Å²) in [6.07, 6.45) is 0.941. The molecular weight excluding hydrogens is 300 g/mol. The van der Waals surface area contributed by atoms with Crippen molar-refractivity contribution in [3.63, 3.8) is 0 Å². The lowest BCUT2D eigenvalue weighted by atomic mass is 10.1. The Morgan fingerprint density at radius 3 is 2.23 bits per heavy atom. The molecule has 1 heterocycles. The average Bonchev–Trinajstić information content (AvgIpc) is 2.46. The van der Waals surface area contributed by atoms with Crippen LogP contribution in [-0.2, 0) is 16.0 Å². The number of carbonyl (C=O) groups is 2. The molecule has 0 aromatic heterocycles. The fourth-order valence-corrected chi connectivity index (χ4v) is 2.83. The molecule has 0 saturated carbocycles. The van der Waals surface area contributed by atoms with Crippen LogP contribution in [0.2, 0.25) is 5.02 Å². The Balaban J connectivity index is 1.83. The molecule has 0 atom stereocenters. The first-order valence-corrected chi connectivity index (χ1v) is 8.13. The van der Waals surface area contributed by atoms with Crippen LogP contribution in [0.25, 0.3) is 0 Å². The van der Waals surface area contributed by atoms with Gasteiger partial charge in [-0.25, -0.2) is 0 Å². The number of piperazine rings is 1. The third-order valence-corrected chi connectivity index (χ3v) is 4.05. The van der Waals surface area contributed by atoms with Crippen molar-refractivity contribution in [2.24, 2.45) is 5.92 Å². The molecule has 1 aliphatic rings. The van der Waals surface area contributed by atoms with Crippen molar-refractivity contribution in [2.45, 2.75) is 26.7 Å². The summed E-state index contributed by atoms with van der Waals surface area (Å²) in [7, 11) is 0. The Morgan fingerprint density at radius 2 is 1.68 bits per heavy atom. The minimum absolute atomic E-state index is 0.0956. The Hall–Kier alpha value is -1.55. The van der Waals surface area contributed by atoms with Crippen LogP contribution in [-0.4, -0.2) is 47.8 Å².